The molecule has 9 heteroatoms. The van der Waals surface area contributed by atoms with Gasteiger partial charge in [0.05, 0.1) is 18.1 Å². The van der Waals surface area contributed by atoms with Crippen LogP contribution < -0.4 is 10.2 Å². The van der Waals surface area contributed by atoms with Crippen molar-refractivity contribution < 1.29 is 13.9 Å². The molecule has 3 heterocycles. The number of hydrogen-bond donors (Lipinski definition) is 1. The zero-order valence-electron chi connectivity index (χ0n) is 21.8. The molecule has 2 aliphatic rings. The number of ether oxygens (including phenoxy) is 1. The Kier molecular flexibility index (Phi) is 9.11. The summed E-state index contributed by atoms with van der Waals surface area (Å²) in [5, 5.41) is 3.62. The summed E-state index contributed by atoms with van der Waals surface area (Å²) < 4.78 is 11.1. The van der Waals surface area contributed by atoms with Crippen LogP contribution in [0.4, 0.5) is 5.82 Å². The Morgan fingerprint density at radius 1 is 1.13 bits per heavy atom. The fourth-order valence-electron chi connectivity index (χ4n) is 4.33. The van der Waals surface area contributed by atoms with E-state index in [1.54, 1.807) is 13.2 Å². The first-order chi connectivity index (χ1) is 18.7. The van der Waals surface area contributed by atoms with Gasteiger partial charge in [0.1, 0.15) is 11.6 Å². The van der Waals surface area contributed by atoms with Crippen LogP contribution in [0, 0.1) is 5.92 Å². The van der Waals surface area contributed by atoms with E-state index >= 15 is 0 Å². The third-order valence-electron chi connectivity index (χ3n) is 6.68. The van der Waals surface area contributed by atoms with Crippen molar-refractivity contribution in [2.45, 2.75) is 30.4 Å². The number of benzene rings is 1. The molecule has 1 amide bonds. The highest BCUT2D eigenvalue weighted by Gasteiger charge is 2.23. The first-order valence-electron chi connectivity index (χ1n) is 13.2. The van der Waals surface area contributed by atoms with E-state index in [2.05, 4.69) is 56.5 Å². The number of furan rings is 1. The number of nitrogens with zero attached hydrogens (tertiary/aromatic N) is 4. The van der Waals surface area contributed by atoms with Gasteiger partial charge in [0.15, 0.2) is 10.9 Å². The highest BCUT2D eigenvalue weighted by molar-refractivity contribution is 7.98. The fourth-order valence-corrected chi connectivity index (χ4v) is 5.10. The van der Waals surface area contributed by atoms with Gasteiger partial charge in [0, 0.05) is 52.4 Å². The molecule has 3 aromatic rings. The molecule has 0 bridgehead atoms. The second-order valence-corrected chi connectivity index (χ2v) is 10.7. The van der Waals surface area contributed by atoms with E-state index in [4.69, 9.17) is 14.1 Å². The largest absolute Gasteiger partial charge is 0.455 e. The predicted molar refractivity (Wildman–Crippen MR) is 150 cm³/mol. The van der Waals surface area contributed by atoms with Crippen molar-refractivity contribution in [1.29, 1.82) is 0 Å². The molecule has 1 saturated heterocycles. The highest BCUT2D eigenvalue weighted by Crippen LogP contribution is 2.28. The Labute approximate surface area is 228 Å². The van der Waals surface area contributed by atoms with E-state index in [9.17, 15) is 4.79 Å². The maximum absolute atomic E-state index is 12.3. The summed E-state index contributed by atoms with van der Waals surface area (Å²) >= 11 is 1.51. The molecule has 2 aromatic heterocycles. The predicted octanol–water partition coefficient (Wildman–Crippen LogP) is 4.48. The molecular formula is C29H35N5O3S. The molecule has 1 aromatic carbocycles. The number of carbonyl (C=O) groups is 1. The van der Waals surface area contributed by atoms with Crippen molar-refractivity contribution >= 4 is 29.6 Å². The van der Waals surface area contributed by atoms with Crippen molar-refractivity contribution in [3.63, 3.8) is 0 Å². The van der Waals surface area contributed by atoms with E-state index in [1.165, 1.54) is 30.2 Å². The number of aromatic nitrogens is 2. The van der Waals surface area contributed by atoms with Crippen LogP contribution in [0.5, 0.6) is 0 Å². The standard InChI is InChI=1S/C29H35N5O3S/c1-36-20-24-18-27(34-16-14-33(15-17-34)13-5-8-22-6-3-2-4-7-22)32-29(31-24)38-21-25-11-12-26(37-25)28(35)30-19-23-9-10-23/h2-8,11-12,18,23H,9-10,13-17,19-21H2,1H3,(H,30,35). The summed E-state index contributed by atoms with van der Waals surface area (Å²) in [5.74, 6) is 3.04. The molecule has 5 rings (SSSR count). The van der Waals surface area contributed by atoms with Gasteiger partial charge >= 0.3 is 0 Å². The zero-order valence-corrected chi connectivity index (χ0v) is 22.7. The second-order valence-electron chi connectivity index (χ2n) is 9.74. The Morgan fingerprint density at radius 2 is 1.95 bits per heavy atom. The molecule has 0 atom stereocenters. The van der Waals surface area contributed by atoms with Gasteiger partial charge in [-0.1, -0.05) is 54.2 Å². The van der Waals surface area contributed by atoms with Crippen molar-refractivity contribution in [3.05, 3.63) is 77.4 Å². The lowest BCUT2D eigenvalue weighted by atomic mass is 10.2. The summed E-state index contributed by atoms with van der Waals surface area (Å²) in [6, 6.07) is 16.0. The highest BCUT2D eigenvalue weighted by atomic mass is 32.2. The maximum atomic E-state index is 12.3. The number of carbonyl (C=O) groups excluding carboxylic acids is 1. The minimum absolute atomic E-state index is 0.150. The Hall–Kier alpha value is -3.14. The van der Waals surface area contributed by atoms with Gasteiger partial charge in [0.25, 0.3) is 5.91 Å². The van der Waals surface area contributed by atoms with Crippen LogP contribution in [-0.4, -0.2) is 67.2 Å². The number of nitrogens with one attached hydrogen (secondary N) is 1. The van der Waals surface area contributed by atoms with Crippen molar-refractivity contribution in [2.75, 3.05) is 51.3 Å². The van der Waals surface area contributed by atoms with E-state index in [-0.39, 0.29) is 5.91 Å². The molecular weight excluding hydrogens is 498 g/mol. The molecule has 2 fully saturated rings. The van der Waals surface area contributed by atoms with Gasteiger partial charge in [0.2, 0.25) is 0 Å². The minimum atomic E-state index is -0.150. The number of hydrogen-bond acceptors (Lipinski definition) is 8. The second kappa shape index (κ2) is 13.1. The van der Waals surface area contributed by atoms with Crippen LogP contribution in [0.3, 0.4) is 0 Å². The first-order valence-corrected chi connectivity index (χ1v) is 14.2. The normalized spacial score (nSPS) is 16.3. The monoisotopic (exact) mass is 533 g/mol. The van der Waals surface area contributed by atoms with Crippen molar-refractivity contribution in [3.8, 4) is 0 Å². The summed E-state index contributed by atoms with van der Waals surface area (Å²) in [7, 11) is 1.68. The van der Waals surface area contributed by atoms with E-state index in [0.717, 1.165) is 56.5 Å². The van der Waals surface area contributed by atoms with E-state index in [1.807, 2.05) is 18.2 Å². The van der Waals surface area contributed by atoms with Gasteiger partial charge in [-0.2, -0.15) is 0 Å². The van der Waals surface area contributed by atoms with Crippen molar-refractivity contribution in [2.24, 2.45) is 5.92 Å². The topological polar surface area (TPSA) is 83.7 Å². The average Bonchev–Trinajstić information content (AvgIpc) is 3.66. The molecule has 38 heavy (non-hydrogen) atoms. The number of methoxy groups -OCH3 is 1. The number of piperazine rings is 1. The zero-order chi connectivity index (χ0) is 26.2. The van der Waals surface area contributed by atoms with Gasteiger partial charge in [-0.15, -0.1) is 0 Å². The third kappa shape index (κ3) is 7.69. The molecule has 0 radical (unpaired) electrons. The quantitative estimate of drug-likeness (QED) is 0.270. The lowest BCUT2D eigenvalue weighted by Gasteiger charge is -2.35. The van der Waals surface area contributed by atoms with E-state index in [0.29, 0.717) is 29.2 Å². The molecule has 200 valence electrons. The molecule has 1 N–H and O–H groups in total. The Bertz CT molecular complexity index is 1220. The smallest absolute Gasteiger partial charge is 0.287 e. The molecule has 0 spiro atoms. The molecule has 8 nitrogen and oxygen atoms in total. The Morgan fingerprint density at radius 3 is 2.71 bits per heavy atom. The minimum Gasteiger partial charge on any atom is -0.455 e. The summed E-state index contributed by atoms with van der Waals surface area (Å²) in [4.78, 5) is 26.6. The van der Waals surface area contributed by atoms with Crippen LogP contribution in [0.1, 0.15) is 40.4 Å². The lowest BCUT2D eigenvalue weighted by molar-refractivity contribution is 0.0922. The van der Waals surface area contributed by atoms with Gasteiger partial charge in [-0.25, -0.2) is 9.97 Å². The maximum Gasteiger partial charge on any atom is 0.287 e. The van der Waals surface area contributed by atoms with Crippen molar-refractivity contribution in [1.82, 2.24) is 20.2 Å². The lowest BCUT2D eigenvalue weighted by Crippen LogP contribution is -2.46. The summed E-state index contributed by atoms with van der Waals surface area (Å²) in [6.45, 7) is 5.86. The van der Waals surface area contributed by atoms with Gasteiger partial charge in [-0.05, 0) is 36.5 Å². The van der Waals surface area contributed by atoms with Crippen LogP contribution >= 0.6 is 11.8 Å². The van der Waals surface area contributed by atoms with Crippen LogP contribution in [0.25, 0.3) is 6.08 Å². The Balaban J connectivity index is 1.15. The molecule has 1 aliphatic heterocycles. The number of thioether (sulfide) groups is 1. The molecule has 1 aliphatic carbocycles. The SMILES string of the molecule is COCc1cc(N2CCN(CC=Cc3ccccc3)CC2)nc(SCc2ccc(C(=O)NCC3CC3)o2)n1. The number of anilines is 1. The van der Waals surface area contributed by atoms with Crippen LogP contribution in [0.2, 0.25) is 0 Å². The van der Waals surface area contributed by atoms with E-state index < -0.39 is 0 Å². The van der Waals surface area contributed by atoms with Gasteiger partial charge in [-0.3, -0.25) is 9.69 Å². The molecule has 1 saturated carbocycles. The van der Waals surface area contributed by atoms with Crippen LogP contribution in [-0.2, 0) is 17.1 Å². The first kappa shape index (κ1) is 26.5. The van der Waals surface area contributed by atoms with Gasteiger partial charge < -0.3 is 19.4 Å². The average molecular weight is 534 g/mol. The molecule has 0 unspecified atom stereocenters. The summed E-state index contributed by atoms with van der Waals surface area (Å²) in [5.41, 5.74) is 2.08. The number of rotatable bonds is 12. The number of amides is 1. The fraction of sp³-hybridized carbons (Fsp3) is 0.414. The third-order valence-corrected chi connectivity index (χ3v) is 7.55. The van der Waals surface area contributed by atoms with Crippen LogP contribution in [0.15, 0.2) is 64.2 Å². The summed E-state index contributed by atoms with van der Waals surface area (Å²) in [6.07, 6.45) is 6.82.